The number of allylic oxidation sites excluding steroid dienone is 1. The monoisotopic (exact) mass is 614 g/mol. The molecule has 0 aromatic rings. The molecule has 4 aliphatic rings. The van der Waals surface area contributed by atoms with Gasteiger partial charge in [-0.3, -0.25) is 19.2 Å². The summed E-state index contributed by atoms with van der Waals surface area (Å²) < 4.78 is 17.6. The smallest absolute Gasteiger partial charge is 0.306 e. The number of ketones is 1. The normalized spacial score (nSPS) is 36.5. The van der Waals surface area contributed by atoms with Gasteiger partial charge in [0, 0.05) is 55.8 Å². The molecule has 0 spiro atoms. The van der Waals surface area contributed by atoms with Crippen LogP contribution in [0.4, 0.5) is 0 Å². The predicted octanol–water partition coefficient (Wildman–Crippen LogP) is 4.93. The molecule has 2 fully saturated rings. The van der Waals surface area contributed by atoms with Crippen molar-refractivity contribution in [3.05, 3.63) is 36.0 Å². The Kier molecular flexibility index (Phi) is 9.72. The lowest BCUT2D eigenvalue weighted by Crippen LogP contribution is -2.66. The van der Waals surface area contributed by atoms with Gasteiger partial charge in [-0.05, 0) is 37.3 Å². The van der Waals surface area contributed by atoms with E-state index in [0.29, 0.717) is 17.6 Å². The number of esters is 3. The molecule has 8 atom stereocenters. The summed E-state index contributed by atoms with van der Waals surface area (Å²) in [6, 6.07) is 0. The van der Waals surface area contributed by atoms with Crippen molar-refractivity contribution in [2.24, 2.45) is 29.1 Å². The molecule has 0 unspecified atom stereocenters. The van der Waals surface area contributed by atoms with Crippen LogP contribution in [0.15, 0.2) is 36.0 Å². The average molecular weight is 615 g/mol. The molecule has 0 saturated heterocycles. The highest BCUT2D eigenvalue weighted by Crippen LogP contribution is 2.77. The second kappa shape index (κ2) is 12.5. The average Bonchev–Trinajstić information content (AvgIpc) is 3.36. The van der Waals surface area contributed by atoms with Gasteiger partial charge < -0.3 is 24.4 Å². The van der Waals surface area contributed by atoms with Crippen molar-refractivity contribution in [2.45, 2.75) is 122 Å². The quantitative estimate of drug-likeness (QED) is 0.128. The van der Waals surface area contributed by atoms with Gasteiger partial charge in [0.25, 0.3) is 0 Å². The Balaban J connectivity index is 1.67. The Hall–Kier alpha value is -2.78. The number of aliphatic hydroxyl groups is 2. The largest absolute Gasteiger partial charge is 0.461 e. The van der Waals surface area contributed by atoms with E-state index in [-0.39, 0.29) is 19.4 Å². The molecule has 9 nitrogen and oxygen atoms in total. The van der Waals surface area contributed by atoms with Crippen LogP contribution in [0.5, 0.6) is 0 Å². The Morgan fingerprint density at radius 2 is 1.66 bits per heavy atom. The molecule has 4 aliphatic carbocycles. The number of Topliss-reactive ketones (excluding diaryl/α,β-unsaturated/α-hetero) is 1. The number of ether oxygens (including phenoxy) is 3. The van der Waals surface area contributed by atoms with Gasteiger partial charge in [0.1, 0.15) is 18.3 Å². The first-order chi connectivity index (χ1) is 20.6. The zero-order chi connectivity index (χ0) is 32.7. The number of carbonyl (C=O) groups is 4. The van der Waals surface area contributed by atoms with Gasteiger partial charge in [-0.25, -0.2) is 0 Å². The van der Waals surface area contributed by atoms with Crippen LogP contribution in [-0.2, 0) is 33.4 Å². The van der Waals surface area contributed by atoms with Crippen molar-refractivity contribution >= 4 is 23.7 Å². The first-order valence-corrected chi connectivity index (χ1v) is 16.1. The van der Waals surface area contributed by atoms with E-state index in [4.69, 9.17) is 14.2 Å². The standard InChI is InChI=1S/C35H50O9/c1-8-9-10-11-12-13-14-15-16-28(38)43-31-22(3)34(41)26(29-32(6,7)35(29,31)44-24(5)37)18-25(20-42-23(4)36)19-33(40)27(34)17-21(2)30(33)39/h8,17-18,22,26-27,29,31,40-41H,1,9-16,19-20H2,2-7H3/t22-,26+,27-,29-,31-,33+,34-,35-/m1/s1. The SMILES string of the molecule is C=CCCCCCCCCC(=O)O[C@@H]1[C@@H](C)[C@@]2(O)[C@@H](C=C(COC(C)=O)C[C@@]3(O)C(=O)C(C)=C[C@@H]23)[C@@H]2C(C)(C)[C@]12OC(C)=O. The number of hydrogen-bond donors (Lipinski definition) is 2. The zero-order valence-corrected chi connectivity index (χ0v) is 27.1. The topological polar surface area (TPSA) is 136 Å². The Labute approximate surface area is 261 Å². The Morgan fingerprint density at radius 1 is 1.02 bits per heavy atom. The van der Waals surface area contributed by atoms with Crippen LogP contribution in [0, 0.1) is 29.1 Å². The summed E-state index contributed by atoms with van der Waals surface area (Å²) >= 11 is 0. The van der Waals surface area contributed by atoms with Crippen LogP contribution in [-0.4, -0.2) is 63.4 Å². The lowest BCUT2D eigenvalue weighted by atomic mass is 9.59. The summed E-state index contributed by atoms with van der Waals surface area (Å²) in [4.78, 5) is 51.0. The summed E-state index contributed by atoms with van der Waals surface area (Å²) in [6.07, 6.45) is 11.3. The molecule has 0 aromatic carbocycles. The maximum absolute atomic E-state index is 13.4. The highest BCUT2D eigenvalue weighted by molar-refractivity contribution is 6.04. The highest BCUT2D eigenvalue weighted by Gasteiger charge is 2.87. The van der Waals surface area contributed by atoms with Crippen molar-refractivity contribution in [3.63, 3.8) is 0 Å². The third-order valence-corrected chi connectivity index (χ3v) is 10.8. The molecule has 44 heavy (non-hydrogen) atoms. The highest BCUT2D eigenvalue weighted by atomic mass is 16.6. The molecular formula is C35H50O9. The van der Waals surface area contributed by atoms with E-state index in [1.165, 1.54) is 13.8 Å². The minimum atomic E-state index is -1.98. The molecule has 2 N–H and O–H groups in total. The first kappa shape index (κ1) is 34.1. The first-order valence-electron chi connectivity index (χ1n) is 16.1. The number of unbranched alkanes of at least 4 members (excludes halogenated alkanes) is 6. The molecule has 0 aliphatic heterocycles. The molecule has 244 valence electrons. The minimum absolute atomic E-state index is 0.130. The molecule has 2 saturated carbocycles. The Bertz CT molecular complexity index is 1250. The molecule has 4 rings (SSSR count). The number of fused-ring (bicyclic) bond motifs is 5. The van der Waals surface area contributed by atoms with E-state index in [1.807, 2.05) is 19.9 Å². The molecule has 0 aromatic heterocycles. The van der Waals surface area contributed by atoms with Gasteiger partial charge >= 0.3 is 17.9 Å². The van der Waals surface area contributed by atoms with Crippen molar-refractivity contribution < 1.29 is 43.6 Å². The lowest BCUT2D eigenvalue weighted by Gasteiger charge is -2.53. The van der Waals surface area contributed by atoms with Crippen LogP contribution < -0.4 is 0 Å². The van der Waals surface area contributed by atoms with E-state index >= 15 is 0 Å². The zero-order valence-electron chi connectivity index (χ0n) is 27.1. The van der Waals surface area contributed by atoms with Crippen molar-refractivity contribution in [3.8, 4) is 0 Å². The molecule has 9 heteroatoms. The molecule has 0 heterocycles. The number of hydrogen-bond acceptors (Lipinski definition) is 9. The van der Waals surface area contributed by atoms with Gasteiger partial charge in [0.15, 0.2) is 11.4 Å². The summed E-state index contributed by atoms with van der Waals surface area (Å²) in [5.41, 5.74) is -4.87. The second-order valence-corrected chi connectivity index (χ2v) is 14.0. The van der Waals surface area contributed by atoms with Gasteiger partial charge in [-0.2, -0.15) is 0 Å². The summed E-state index contributed by atoms with van der Waals surface area (Å²) in [5.74, 6) is -5.06. The Morgan fingerprint density at radius 3 is 2.27 bits per heavy atom. The van der Waals surface area contributed by atoms with Crippen molar-refractivity contribution in [1.82, 2.24) is 0 Å². The number of carbonyl (C=O) groups excluding carboxylic acids is 4. The van der Waals surface area contributed by atoms with Gasteiger partial charge in [-0.15, -0.1) is 6.58 Å². The van der Waals surface area contributed by atoms with E-state index in [1.54, 1.807) is 26.0 Å². The summed E-state index contributed by atoms with van der Waals surface area (Å²) in [6.45, 7) is 13.4. The lowest BCUT2D eigenvalue weighted by molar-refractivity contribution is -0.228. The van der Waals surface area contributed by atoms with Gasteiger partial charge in [-0.1, -0.05) is 64.7 Å². The maximum Gasteiger partial charge on any atom is 0.306 e. The maximum atomic E-state index is 13.4. The molecule has 0 bridgehead atoms. The van der Waals surface area contributed by atoms with Crippen LogP contribution in [0.25, 0.3) is 0 Å². The summed E-state index contributed by atoms with van der Waals surface area (Å²) in [7, 11) is 0. The van der Waals surface area contributed by atoms with Crippen LogP contribution in [0.3, 0.4) is 0 Å². The fourth-order valence-corrected chi connectivity index (χ4v) is 8.71. The van der Waals surface area contributed by atoms with Gasteiger partial charge in [0.05, 0.1) is 5.60 Å². The third-order valence-electron chi connectivity index (χ3n) is 10.8. The van der Waals surface area contributed by atoms with E-state index < -0.39 is 75.7 Å². The number of rotatable bonds is 13. The minimum Gasteiger partial charge on any atom is -0.461 e. The fourth-order valence-electron chi connectivity index (χ4n) is 8.71. The van der Waals surface area contributed by atoms with Crippen molar-refractivity contribution in [2.75, 3.05) is 6.61 Å². The van der Waals surface area contributed by atoms with E-state index in [2.05, 4.69) is 6.58 Å². The van der Waals surface area contributed by atoms with Crippen LogP contribution >= 0.6 is 0 Å². The van der Waals surface area contributed by atoms with Crippen LogP contribution in [0.1, 0.15) is 99.3 Å². The second-order valence-electron chi connectivity index (χ2n) is 14.0. The van der Waals surface area contributed by atoms with Crippen molar-refractivity contribution in [1.29, 1.82) is 0 Å². The van der Waals surface area contributed by atoms with Crippen LogP contribution in [0.2, 0.25) is 0 Å². The predicted molar refractivity (Wildman–Crippen MR) is 163 cm³/mol. The molecule has 0 radical (unpaired) electrons. The molecular weight excluding hydrogens is 564 g/mol. The van der Waals surface area contributed by atoms with E-state index in [9.17, 15) is 29.4 Å². The van der Waals surface area contributed by atoms with E-state index in [0.717, 1.165) is 38.5 Å². The third kappa shape index (κ3) is 5.59. The molecule has 0 amide bonds. The van der Waals surface area contributed by atoms with Gasteiger partial charge in [0.2, 0.25) is 0 Å². The fraction of sp³-hybridized carbons (Fsp3) is 0.714. The summed E-state index contributed by atoms with van der Waals surface area (Å²) in [5, 5.41) is 24.8.